The number of rotatable bonds is 5. The molecule has 4 rings (SSSR count). The highest BCUT2D eigenvalue weighted by Crippen LogP contribution is 2.34. The lowest BCUT2D eigenvalue weighted by Gasteiger charge is -2.33. The number of piperidine rings is 1. The van der Waals surface area contributed by atoms with Gasteiger partial charge in [0.05, 0.1) is 5.92 Å². The number of carbonyl (C=O) groups is 1. The van der Waals surface area contributed by atoms with Gasteiger partial charge in [0.2, 0.25) is 5.91 Å². The van der Waals surface area contributed by atoms with E-state index < -0.39 is 0 Å². The Hall–Kier alpha value is -2.93. The molecule has 0 spiro atoms. The minimum Gasteiger partial charge on any atom is -0.354 e. The van der Waals surface area contributed by atoms with Gasteiger partial charge < -0.3 is 10.2 Å². The molecule has 1 aliphatic rings. The molecule has 1 atom stereocenters. The highest BCUT2D eigenvalue weighted by Gasteiger charge is 2.28. The predicted octanol–water partition coefficient (Wildman–Crippen LogP) is 4.93. The molecule has 0 aliphatic carbocycles. The summed E-state index contributed by atoms with van der Waals surface area (Å²) in [6.07, 6.45) is 5.10. The molecule has 0 radical (unpaired) electrons. The molecule has 1 saturated heterocycles. The summed E-state index contributed by atoms with van der Waals surface area (Å²) >= 11 is 1.58. The molecule has 1 aromatic heterocycles. The molecule has 3 aromatic rings. The van der Waals surface area contributed by atoms with Crippen molar-refractivity contribution in [3.05, 3.63) is 72.3 Å². The van der Waals surface area contributed by atoms with E-state index >= 15 is 0 Å². The number of hydrogen-bond donors (Lipinski definition) is 1. The molecule has 154 valence electrons. The van der Waals surface area contributed by atoms with E-state index in [-0.39, 0.29) is 17.6 Å². The average molecular weight is 423 g/mol. The van der Waals surface area contributed by atoms with E-state index in [0.29, 0.717) is 12.2 Å². The van der Waals surface area contributed by atoms with Gasteiger partial charge >= 0.3 is 0 Å². The Morgan fingerprint density at radius 1 is 1.17 bits per heavy atom. The molecule has 2 heterocycles. The number of halogens is 1. The maximum absolute atomic E-state index is 13.1. The SMILES string of the molecule is Cc1cccc(Sc2nccnc2N2CCC[C@H](C(=O)Nc3ccc(F)cc3)C2)c1. The lowest BCUT2D eigenvalue weighted by atomic mass is 9.97. The van der Waals surface area contributed by atoms with Crippen molar-refractivity contribution in [3.63, 3.8) is 0 Å². The highest BCUT2D eigenvalue weighted by atomic mass is 32.2. The van der Waals surface area contributed by atoms with E-state index in [1.165, 1.54) is 17.7 Å². The number of hydrogen-bond acceptors (Lipinski definition) is 5. The summed E-state index contributed by atoms with van der Waals surface area (Å²) in [6, 6.07) is 14.1. The van der Waals surface area contributed by atoms with E-state index in [4.69, 9.17) is 0 Å². The molecule has 2 aromatic carbocycles. The van der Waals surface area contributed by atoms with Crippen LogP contribution in [0.25, 0.3) is 0 Å². The summed E-state index contributed by atoms with van der Waals surface area (Å²) in [4.78, 5) is 25.1. The minimum absolute atomic E-state index is 0.0527. The Bertz CT molecular complexity index is 1030. The van der Waals surface area contributed by atoms with Crippen LogP contribution in [0.15, 0.2) is 70.8 Å². The second-order valence-electron chi connectivity index (χ2n) is 7.38. The minimum atomic E-state index is -0.321. The Morgan fingerprint density at radius 3 is 2.77 bits per heavy atom. The summed E-state index contributed by atoms with van der Waals surface area (Å²) in [7, 11) is 0. The van der Waals surface area contributed by atoms with Gasteiger partial charge in [-0.3, -0.25) is 4.79 Å². The number of amides is 1. The first-order valence-electron chi connectivity index (χ1n) is 9.95. The molecule has 1 fully saturated rings. The topological polar surface area (TPSA) is 58.1 Å². The summed E-state index contributed by atoms with van der Waals surface area (Å²) in [5.41, 5.74) is 1.80. The zero-order chi connectivity index (χ0) is 20.9. The maximum atomic E-state index is 13.1. The van der Waals surface area contributed by atoms with Crippen LogP contribution in [0.5, 0.6) is 0 Å². The van der Waals surface area contributed by atoms with Crippen molar-refractivity contribution in [2.75, 3.05) is 23.3 Å². The van der Waals surface area contributed by atoms with Crippen LogP contribution in [-0.2, 0) is 4.79 Å². The summed E-state index contributed by atoms with van der Waals surface area (Å²) < 4.78 is 13.1. The number of anilines is 2. The molecule has 30 heavy (non-hydrogen) atoms. The molecule has 1 aliphatic heterocycles. The third-order valence-corrected chi connectivity index (χ3v) is 6.03. The second-order valence-corrected chi connectivity index (χ2v) is 8.45. The van der Waals surface area contributed by atoms with Crippen LogP contribution >= 0.6 is 11.8 Å². The van der Waals surface area contributed by atoms with Crippen molar-refractivity contribution in [2.24, 2.45) is 5.92 Å². The van der Waals surface area contributed by atoms with Gasteiger partial charge in [0.15, 0.2) is 5.82 Å². The molecular weight excluding hydrogens is 399 g/mol. The highest BCUT2D eigenvalue weighted by molar-refractivity contribution is 7.99. The molecule has 1 N–H and O–H groups in total. The third kappa shape index (κ3) is 4.97. The van der Waals surface area contributed by atoms with Crippen LogP contribution in [0.4, 0.5) is 15.9 Å². The molecule has 5 nitrogen and oxygen atoms in total. The number of benzene rings is 2. The van der Waals surface area contributed by atoms with E-state index in [1.807, 2.05) is 6.07 Å². The number of aryl methyl sites for hydroxylation is 1. The summed E-state index contributed by atoms with van der Waals surface area (Å²) in [6.45, 7) is 3.48. The monoisotopic (exact) mass is 422 g/mol. The number of carbonyl (C=O) groups excluding carboxylic acids is 1. The number of nitrogens with zero attached hydrogens (tertiary/aromatic N) is 3. The van der Waals surface area contributed by atoms with Crippen LogP contribution in [-0.4, -0.2) is 29.0 Å². The Labute approximate surface area is 179 Å². The second kappa shape index (κ2) is 9.26. The summed E-state index contributed by atoms with van der Waals surface area (Å²) in [5, 5.41) is 3.73. The zero-order valence-electron chi connectivity index (χ0n) is 16.7. The van der Waals surface area contributed by atoms with E-state index in [1.54, 1.807) is 36.3 Å². The van der Waals surface area contributed by atoms with Crippen LogP contribution in [0.1, 0.15) is 18.4 Å². The molecule has 0 bridgehead atoms. The first-order chi connectivity index (χ1) is 14.6. The molecule has 1 amide bonds. The van der Waals surface area contributed by atoms with Crippen LogP contribution < -0.4 is 10.2 Å². The fourth-order valence-corrected chi connectivity index (χ4v) is 4.56. The van der Waals surface area contributed by atoms with Crippen molar-refractivity contribution >= 4 is 29.2 Å². The fraction of sp³-hybridized carbons (Fsp3) is 0.261. The van der Waals surface area contributed by atoms with Crippen molar-refractivity contribution < 1.29 is 9.18 Å². The van der Waals surface area contributed by atoms with Gasteiger partial charge in [0.1, 0.15) is 10.8 Å². The van der Waals surface area contributed by atoms with Crippen molar-refractivity contribution in [3.8, 4) is 0 Å². The molecule has 0 saturated carbocycles. The maximum Gasteiger partial charge on any atom is 0.229 e. The van der Waals surface area contributed by atoms with E-state index in [0.717, 1.165) is 35.1 Å². The lowest BCUT2D eigenvalue weighted by molar-refractivity contribution is -0.120. The predicted molar refractivity (Wildman–Crippen MR) is 117 cm³/mol. The smallest absolute Gasteiger partial charge is 0.229 e. The lowest BCUT2D eigenvalue weighted by Crippen LogP contribution is -2.41. The first-order valence-corrected chi connectivity index (χ1v) is 10.8. The van der Waals surface area contributed by atoms with E-state index in [2.05, 4.69) is 45.3 Å². The van der Waals surface area contributed by atoms with Gasteiger partial charge in [-0.2, -0.15) is 0 Å². The Balaban J connectivity index is 1.48. The molecule has 7 heteroatoms. The van der Waals surface area contributed by atoms with Gasteiger partial charge in [-0.15, -0.1) is 0 Å². The van der Waals surface area contributed by atoms with Crippen LogP contribution in [0.3, 0.4) is 0 Å². The van der Waals surface area contributed by atoms with Crippen molar-refractivity contribution in [1.29, 1.82) is 0 Å². The van der Waals surface area contributed by atoms with Crippen molar-refractivity contribution in [1.82, 2.24) is 9.97 Å². The Kier molecular flexibility index (Phi) is 6.28. The molecule has 0 unspecified atom stereocenters. The number of nitrogens with one attached hydrogen (secondary N) is 1. The fourth-order valence-electron chi connectivity index (χ4n) is 3.56. The standard InChI is InChI=1S/C23H23FN4OS/c1-16-4-2-6-20(14-16)30-23-21(25-11-12-26-23)28-13-3-5-17(15-28)22(29)27-19-9-7-18(24)8-10-19/h2,4,6-12,14,17H,3,5,13,15H2,1H3,(H,27,29)/t17-/m0/s1. The average Bonchev–Trinajstić information content (AvgIpc) is 2.76. The van der Waals surface area contributed by atoms with Gasteiger partial charge in [0.25, 0.3) is 0 Å². The van der Waals surface area contributed by atoms with Crippen LogP contribution in [0, 0.1) is 18.7 Å². The zero-order valence-corrected chi connectivity index (χ0v) is 17.5. The largest absolute Gasteiger partial charge is 0.354 e. The third-order valence-electron chi connectivity index (χ3n) is 5.05. The van der Waals surface area contributed by atoms with Crippen LogP contribution in [0.2, 0.25) is 0 Å². The van der Waals surface area contributed by atoms with Gasteiger partial charge in [0, 0.05) is 36.1 Å². The van der Waals surface area contributed by atoms with E-state index in [9.17, 15) is 9.18 Å². The Morgan fingerprint density at radius 2 is 1.97 bits per heavy atom. The quantitative estimate of drug-likeness (QED) is 0.632. The normalized spacial score (nSPS) is 16.3. The van der Waals surface area contributed by atoms with Gasteiger partial charge in [-0.1, -0.05) is 29.5 Å². The first kappa shape index (κ1) is 20.3. The molecular formula is C23H23FN4OS. The number of aromatic nitrogens is 2. The van der Waals surface area contributed by atoms with Gasteiger partial charge in [-0.05, 0) is 56.2 Å². The summed E-state index contributed by atoms with van der Waals surface area (Å²) in [5.74, 6) is 0.270. The van der Waals surface area contributed by atoms with Crippen molar-refractivity contribution in [2.45, 2.75) is 29.7 Å². The van der Waals surface area contributed by atoms with Gasteiger partial charge in [-0.25, -0.2) is 14.4 Å².